The van der Waals surface area contributed by atoms with Crippen molar-refractivity contribution < 1.29 is 22.9 Å². The highest BCUT2D eigenvalue weighted by atomic mass is 32.2. The van der Waals surface area contributed by atoms with Crippen LogP contribution in [0, 0.1) is 16.0 Å². The van der Waals surface area contributed by atoms with Crippen LogP contribution in [0.3, 0.4) is 0 Å². The third kappa shape index (κ3) is 4.20. The summed E-state index contributed by atoms with van der Waals surface area (Å²) in [5.74, 6) is -0.641. The molecule has 1 N–H and O–H groups in total. The molecule has 0 unspecified atom stereocenters. The van der Waals surface area contributed by atoms with Gasteiger partial charge < -0.3 is 10.1 Å². The molecule has 0 aliphatic carbocycles. The fourth-order valence-corrected chi connectivity index (χ4v) is 3.50. The Morgan fingerprint density at radius 2 is 2.17 bits per heavy atom. The predicted molar refractivity (Wildman–Crippen MR) is 87.4 cm³/mol. The molecule has 24 heavy (non-hydrogen) atoms. The van der Waals surface area contributed by atoms with E-state index in [-0.39, 0.29) is 23.9 Å². The van der Waals surface area contributed by atoms with Crippen LogP contribution in [0.2, 0.25) is 0 Å². The summed E-state index contributed by atoms with van der Waals surface area (Å²) in [4.78, 5) is 22.6. The first-order chi connectivity index (χ1) is 11.2. The van der Waals surface area contributed by atoms with Crippen LogP contribution in [-0.4, -0.2) is 50.0 Å². The number of nitrogens with zero attached hydrogens (tertiary/aromatic N) is 2. The van der Waals surface area contributed by atoms with Gasteiger partial charge in [-0.15, -0.1) is 0 Å². The summed E-state index contributed by atoms with van der Waals surface area (Å²) in [5.41, 5.74) is 0.162. The lowest BCUT2D eigenvalue weighted by molar-refractivity contribution is -0.384. The van der Waals surface area contributed by atoms with E-state index < -0.39 is 20.9 Å². The molecule has 0 radical (unpaired) electrons. The molecule has 9 nitrogen and oxygen atoms in total. The van der Waals surface area contributed by atoms with Crippen LogP contribution in [0.1, 0.15) is 12.8 Å². The Labute approximate surface area is 139 Å². The molecule has 0 saturated carbocycles. The first-order valence-corrected chi connectivity index (χ1v) is 9.15. The topological polar surface area (TPSA) is 119 Å². The fourth-order valence-electron chi connectivity index (χ4n) is 2.59. The number of sulfonamides is 1. The minimum Gasteiger partial charge on any atom is -0.494 e. The van der Waals surface area contributed by atoms with Crippen molar-refractivity contribution in [2.24, 2.45) is 5.92 Å². The first-order valence-electron chi connectivity index (χ1n) is 7.31. The summed E-state index contributed by atoms with van der Waals surface area (Å²) >= 11 is 0. The zero-order chi connectivity index (χ0) is 17.9. The standard InChI is InChI=1S/C14H19N3O6S/c1-23-13-8-11(17(19)20)5-6-12(13)15-14(18)10-4-3-7-16(9-10)24(2,21)22/h5-6,8,10H,3-4,7,9H2,1-2H3,(H,15,18)/t10-/m1/s1. The molecule has 132 valence electrons. The van der Waals surface area contributed by atoms with Crippen molar-refractivity contribution in [3.63, 3.8) is 0 Å². The molecule has 1 saturated heterocycles. The summed E-state index contributed by atoms with van der Waals surface area (Å²) in [5, 5.41) is 13.4. The minimum atomic E-state index is -3.34. The van der Waals surface area contributed by atoms with Gasteiger partial charge >= 0.3 is 0 Å². The molecule has 2 rings (SSSR count). The van der Waals surface area contributed by atoms with Crippen molar-refractivity contribution in [1.82, 2.24) is 4.31 Å². The number of nitro benzene ring substituents is 1. The lowest BCUT2D eigenvalue weighted by Gasteiger charge is -2.30. The van der Waals surface area contributed by atoms with Crippen LogP contribution in [0.4, 0.5) is 11.4 Å². The zero-order valence-corrected chi connectivity index (χ0v) is 14.2. The van der Waals surface area contributed by atoms with Crippen molar-refractivity contribution in [2.45, 2.75) is 12.8 Å². The van der Waals surface area contributed by atoms with Gasteiger partial charge in [0.05, 0.1) is 36.0 Å². The van der Waals surface area contributed by atoms with Crippen LogP contribution in [0.25, 0.3) is 0 Å². The minimum absolute atomic E-state index is 0.125. The molecule has 1 heterocycles. The van der Waals surface area contributed by atoms with E-state index in [2.05, 4.69) is 5.32 Å². The van der Waals surface area contributed by atoms with E-state index >= 15 is 0 Å². The molecule has 1 aromatic carbocycles. The van der Waals surface area contributed by atoms with Crippen LogP contribution in [0.5, 0.6) is 5.75 Å². The van der Waals surface area contributed by atoms with Crippen LogP contribution in [0.15, 0.2) is 18.2 Å². The number of piperidine rings is 1. The first kappa shape index (κ1) is 18.1. The molecule has 1 aliphatic rings. The molecule has 1 aromatic rings. The number of nitrogens with one attached hydrogen (secondary N) is 1. The van der Waals surface area contributed by atoms with Gasteiger partial charge in [-0.3, -0.25) is 14.9 Å². The van der Waals surface area contributed by atoms with E-state index in [4.69, 9.17) is 4.74 Å². The average molecular weight is 357 g/mol. The Balaban J connectivity index is 2.13. The number of rotatable bonds is 5. The smallest absolute Gasteiger partial charge is 0.273 e. The van der Waals surface area contributed by atoms with E-state index in [9.17, 15) is 23.3 Å². The number of hydrogen-bond acceptors (Lipinski definition) is 6. The highest BCUT2D eigenvalue weighted by Gasteiger charge is 2.30. The maximum atomic E-state index is 12.4. The van der Waals surface area contributed by atoms with E-state index in [1.54, 1.807) is 0 Å². The van der Waals surface area contributed by atoms with Crippen molar-refractivity contribution in [3.8, 4) is 5.75 Å². The lowest BCUT2D eigenvalue weighted by atomic mass is 9.98. The molecular weight excluding hydrogens is 338 g/mol. The fraction of sp³-hybridized carbons (Fsp3) is 0.500. The number of ether oxygens (including phenoxy) is 1. The van der Waals surface area contributed by atoms with Gasteiger partial charge in [-0.2, -0.15) is 0 Å². The number of benzene rings is 1. The number of anilines is 1. The highest BCUT2D eigenvalue weighted by molar-refractivity contribution is 7.88. The second kappa shape index (κ2) is 7.14. The van der Waals surface area contributed by atoms with Gasteiger partial charge in [0, 0.05) is 19.2 Å². The van der Waals surface area contributed by atoms with E-state index in [0.717, 1.165) is 6.26 Å². The third-order valence-electron chi connectivity index (χ3n) is 3.88. The van der Waals surface area contributed by atoms with E-state index in [1.807, 2.05) is 0 Å². The van der Waals surface area contributed by atoms with Gasteiger partial charge in [0.2, 0.25) is 15.9 Å². The Morgan fingerprint density at radius 1 is 1.46 bits per heavy atom. The normalized spacial score (nSPS) is 18.8. The molecule has 1 aliphatic heterocycles. The van der Waals surface area contributed by atoms with Gasteiger partial charge in [-0.05, 0) is 18.9 Å². The molecule has 0 bridgehead atoms. The maximum Gasteiger partial charge on any atom is 0.273 e. The third-order valence-corrected chi connectivity index (χ3v) is 5.15. The zero-order valence-electron chi connectivity index (χ0n) is 13.4. The van der Waals surface area contributed by atoms with Crippen molar-refractivity contribution in [1.29, 1.82) is 0 Å². The summed E-state index contributed by atoms with van der Waals surface area (Å²) < 4.78 is 29.6. The second-order valence-electron chi connectivity index (χ2n) is 5.59. The largest absolute Gasteiger partial charge is 0.494 e. The Hall–Kier alpha value is -2.20. The lowest BCUT2D eigenvalue weighted by Crippen LogP contribution is -2.43. The Bertz CT molecular complexity index is 749. The second-order valence-corrected chi connectivity index (χ2v) is 7.57. The van der Waals surface area contributed by atoms with Gasteiger partial charge in [-0.25, -0.2) is 12.7 Å². The number of amides is 1. The number of nitro groups is 1. The van der Waals surface area contributed by atoms with Crippen molar-refractivity contribution in [3.05, 3.63) is 28.3 Å². The quantitative estimate of drug-likeness (QED) is 0.625. The summed E-state index contributed by atoms with van der Waals surface area (Å²) in [6.07, 6.45) is 2.29. The Kier molecular flexibility index (Phi) is 5.40. The molecule has 0 aromatic heterocycles. The van der Waals surface area contributed by atoms with Gasteiger partial charge in [0.1, 0.15) is 5.75 Å². The van der Waals surface area contributed by atoms with Gasteiger partial charge in [0.25, 0.3) is 5.69 Å². The molecular formula is C14H19N3O6S. The van der Waals surface area contributed by atoms with Crippen molar-refractivity contribution in [2.75, 3.05) is 31.8 Å². The van der Waals surface area contributed by atoms with Crippen LogP contribution in [-0.2, 0) is 14.8 Å². The van der Waals surface area contributed by atoms with Crippen LogP contribution < -0.4 is 10.1 Å². The number of hydrogen-bond donors (Lipinski definition) is 1. The predicted octanol–water partition coefficient (Wildman–Crippen LogP) is 1.21. The summed E-state index contributed by atoms with van der Waals surface area (Å²) in [6, 6.07) is 3.88. The number of non-ortho nitro benzene ring substituents is 1. The van der Waals surface area contributed by atoms with Crippen LogP contribution >= 0.6 is 0 Å². The molecule has 1 fully saturated rings. The Morgan fingerprint density at radius 3 is 2.75 bits per heavy atom. The summed E-state index contributed by atoms with van der Waals surface area (Å²) in [7, 11) is -1.99. The van der Waals surface area contributed by atoms with E-state index in [0.29, 0.717) is 25.1 Å². The highest BCUT2D eigenvalue weighted by Crippen LogP contribution is 2.30. The molecule has 1 amide bonds. The van der Waals surface area contributed by atoms with Gasteiger partial charge in [0.15, 0.2) is 0 Å². The molecule has 1 atom stereocenters. The van der Waals surface area contributed by atoms with Gasteiger partial charge in [-0.1, -0.05) is 0 Å². The number of methoxy groups -OCH3 is 1. The summed E-state index contributed by atoms with van der Waals surface area (Å²) in [6.45, 7) is 0.531. The molecule has 0 spiro atoms. The molecule has 10 heteroatoms. The van der Waals surface area contributed by atoms with Crippen molar-refractivity contribution >= 4 is 27.3 Å². The SMILES string of the molecule is COc1cc([N+](=O)[O-])ccc1NC(=O)[C@@H]1CCCN(S(C)(=O)=O)C1. The monoisotopic (exact) mass is 357 g/mol. The maximum absolute atomic E-state index is 12.4. The number of carbonyl (C=O) groups is 1. The van der Waals surface area contributed by atoms with E-state index in [1.165, 1.54) is 29.6 Å². The average Bonchev–Trinajstić information content (AvgIpc) is 2.54. The number of carbonyl (C=O) groups excluding carboxylic acids is 1.